The van der Waals surface area contributed by atoms with Crippen LogP contribution in [0.1, 0.15) is 5.69 Å². The van der Waals surface area contributed by atoms with E-state index in [4.69, 9.17) is 5.11 Å². The molecule has 78 valence electrons. The zero-order chi connectivity index (χ0) is 10.7. The molecule has 0 fully saturated rings. The van der Waals surface area contributed by atoms with E-state index in [2.05, 4.69) is 5.10 Å². The van der Waals surface area contributed by atoms with Crippen LogP contribution in [0.2, 0.25) is 0 Å². The van der Waals surface area contributed by atoms with E-state index in [1.54, 1.807) is 4.68 Å². The van der Waals surface area contributed by atoms with E-state index in [9.17, 15) is 4.79 Å². The van der Waals surface area contributed by atoms with Crippen molar-refractivity contribution in [2.45, 2.75) is 13.0 Å². The topological polar surface area (TPSA) is 55.1 Å². The molecule has 4 nitrogen and oxygen atoms in total. The molecule has 0 amide bonds. The predicted octanol–water partition coefficient (Wildman–Crippen LogP) is 0.770. The van der Waals surface area contributed by atoms with Gasteiger partial charge in [0, 0.05) is 11.8 Å². The van der Waals surface area contributed by atoms with Crippen LogP contribution in [0.5, 0.6) is 0 Å². The second kappa shape index (κ2) is 4.23. The third kappa shape index (κ3) is 1.76. The molecule has 0 atom stereocenters. The van der Waals surface area contributed by atoms with Crippen LogP contribution in [-0.2, 0) is 17.8 Å². The highest BCUT2D eigenvalue weighted by Crippen LogP contribution is 2.17. The average Bonchev–Trinajstić information content (AvgIpc) is 2.59. The van der Waals surface area contributed by atoms with Gasteiger partial charge in [-0.25, -0.2) is 0 Å². The summed E-state index contributed by atoms with van der Waals surface area (Å²) in [7, 11) is 0. The summed E-state index contributed by atoms with van der Waals surface area (Å²) in [6.45, 7) is 0.456. The molecule has 0 unspecified atom stereocenters. The van der Waals surface area contributed by atoms with Gasteiger partial charge < -0.3 is 9.90 Å². The minimum Gasteiger partial charge on any atom is -0.394 e. The zero-order valence-electron chi connectivity index (χ0n) is 8.26. The van der Waals surface area contributed by atoms with Gasteiger partial charge in [-0.15, -0.1) is 0 Å². The second-order valence-electron chi connectivity index (χ2n) is 3.28. The number of aldehydes is 1. The standard InChI is InChI=1S/C11H12N2O2/c14-7-5-11-9-3-1-2-4-10(9)12-13(11)6-8-15/h1-4,7,15H,5-6,8H2. The fraction of sp³-hybridized carbons (Fsp3) is 0.273. The molecule has 1 aromatic heterocycles. The molecule has 2 aromatic rings. The largest absolute Gasteiger partial charge is 0.394 e. The molecule has 1 aromatic carbocycles. The van der Waals surface area contributed by atoms with E-state index in [-0.39, 0.29) is 6.61 Å². The first-order chi connectivity index (χ1) is 7.36. The van der Waals surface area contributed by atoms with Crippen molar-refractivity contribution < 1.29 is 9.90 Å². The van der Waals surface area contributed by atoms with Gasteiger partial charge in [-0.3, -0.25) is 4.68 Å². The van der Waals surface area contributed by atoms with E-state index in [1.807, 2.05) is 24.3 Å². The number of aliphatic hydroxyl groups excluding tert-OH is 1. The SMILES string of the molecule is O=CCc1c2ccccc2nn1CCO. The first kappa shape index (κ1) is 9.86. The number of aliphatic hydroxyl groups is 1. The Kier molecular flexibility index (Phi) is 2.78. The van der Waals surface area contributed by atoms with E-state index < -0.39 is 0 Å². The average molecular weight is 204 g/mol. The molecular weight excluding hydrogens is 192 g/mol. The summed E-state index contributed by atoms with van der Waals surface area (Å²) in [5, 5.41) is 14.2. The molecule has 0 saturated heterocycles. The summed E-state index contributed by atoms with van der Waals surface area (Å²) in [5.41, 5.74) is 1.73. The van der Waals surface area contributed by atoms with Gasteiger partial charge in [0.1, 0.15) is 6.29 Å². The maximum atomic E-state index is 10.6. The predicted molar refractivity (Wildman–Crippen MR) is 56.6 cm³/mol. The third-order valence-corrected chi connectivity index (χ3v) is 2.34. The van der Waals surface area contributed by atoms with Crippen LogP contribution in [0.15, 0.2) is 24.3 Å². The summed E-state index contributed by atoms with van der Waals surface area (Å²) >= 11 is 0. The lowest BCUT2D eigenvalue weighted by atomic mass is 10.2. The molecule has 2 rings (SSSR count). The van der Waals surface area contributed by atoms with Crippen molar-refractivity contribution >= 4 is 17.2 Å². The number of hydrogen-bond acceptors (Lipinski definition) is 3. The lowest BCUT2D eigenvalue weighted by Crippen LogP contribution is -2.08. The Balaban J connectivity index is 2.57. The van der Waals surface area contributed by atoms with Gasteiger partial charge in [-0.1, -0.05) is 18.2 Å². The molecule has 0 aliphatic rings. The maximum absolute atomic E-state index is 10.6. The Labute approximate surface area is 87.1 Å². The normalized spacial score (nSPS) is 10.7. The highest BCUT2D eigenvalue weighted by molar-refractivity contribution is 5.83. The second-order valence-corrected chi connectivity index (χ2v) is 3.28. The first-order valence-corrected chi connectivity index (χ1v) is 4.85. The highest BCUT2D eigenvalue weighted by Gasteiger charge is 2.09. The quantitative estimate of drug-likeness (QED) is 0.748. The van der Waals surface area contributed by atoms with Crippen molar-refractivity contribution in [1.29, 1.82) is 0 Å². The van der Waals surface area contributed by atoms with Gasteiger partial charge in [0.15, 0.2) is 0 Å². The summed E-state index contributed by atoms with van der Waals surface area (Å²) in [6, 6.07) is 7.66. The molecule has 0 spiro atoms. The molecule has 0 bridgehead atoms. The number of rotatable bonds is 4. The number of carbonyl (C=O) groups is 1. The number of benzene rings is 1. The molecule has 0 radical (unpaired) electrons. The molecule has 0 saturated carbocycles. The van der Waals surface area contributed by atoms with Gasteiger partial charge in [0.2, 0.25) is 0 Å². The van der Waals surface area contributed by atoms with Gasteiger partial charge in [0.25, 0.3) is 0 Å². The van der Waals surface area contributed by atoms with Gasteiger partial charge in [-0.2, -0.15) is 5.10 Å². The van der Waals surface area contributed by atoms with E-state index in [0.29, 0.717) is 13.0 Å². The Morgan fingerprint density at radius 2 is 2.20 bits per heavy atom. The zero-order valence-corrected chi connectivity index (χ0v) is 8.26. The van der Waals surface area contributed by atoms with Crippen molar-refractivity contribution in [1.82, 2.24) is 9.78 Å². The Bertz CT molecular complexity index is 476. The van der Waals surface area contributed by atoms with Crippen molar-refractivity contribution in [3.63, 3.8) is 0 Å². The number of aromatic nitrogens is 2. The molecule has 4 heteroatoms. The highest BCUT2D eigenvalue weighted by atomic mass is 16.3. The summed E-state index contributed by atoms with van der Waals surface area (Å²) in [6.07, 6.45) is 1.19. The molecule has 1 heterocycles. The van der Waals surface area contributed by atoms with Crippen molar-refractivity contribution in [2.24, 2.45) is 0 Å². The van der Waals surface area contributed by atoms with Crippen LogP contribution in [0, 0.1) is 0 Å². The number of carbonyl (C=O) groups excluding carboxylic acids is 1. The monoisotopic (exact) mass is 204 g/mol. The first-order valence-electron chi connectivity index (χ1n) is 4.85. The van der Waals surface area contributed by atoms with E-state index >= 15 is 0 Å². The minimum absolute atomic E-state index is 0.0276. The van der Waals surface area contributed by atoms with Crippen LogP contribution >= 0.6 is 0 Å². The number of fused-ring (bicyclic) bond motifs is 1. The van der Waals surface area contributed by atoms with Crippen molar-refractivity contribution in [3.8, 4) is 0 Å². The lowest BCUT2D eigenvalue weighted by molar-refractivity contribution is -0.107. The van der Waals surface area contributed by atoms with Crippen molar-refractivity contribution in [3.05, 3.63) is 30.0 Å². The van der Waals surface area contributed by atoms with Crippen LogP contribution in [0.3, 0.4) is 0 Å². The van der Waals surface area contributed by atoms with Gasteiger partial charge in [-0.05, 0) is 6.07 Å². The number of hydrogen-bond donors (Lipinski definition) is 1. The van der Waals surface area contributed by atoms with E-state index in [1.165, 1.54) is 0 Å². The minimum atomic E-state index is 0.0276. The number of nitrogens with zero attached hydrogens (tertiary/aromatic N) is 2. The molecule has 15 heavy (non-hydrogen) atoms. The Morgan fingerprint density at radius 1 is 1.40 bits per heavy atom. The summed E-state index contributed by atoms with van der Waals surface area (Å²) in [5.74, 6) is 0. The van der Waals surface area contributed by atoms with Crippen LogP contribution in [0.25, 0.3) is 10.9 Å². The Morgan fingerprint density at radius 3 is 2.93 bits per heavy atom. The Hall–Kier alpha value is -1.68. The van der Waals surface area contributed by atoms with E-state index in [0.717, 1.165) is 22.9 Å². The molecule has 1 N–H and O–H groups in total. The summed E-state index contributed by atoms with van der Waals surface area (Å²) in [4.78, 5) is 10.6. The molecule has 0 aliphatic carbocycles. The maximum Gasteiger partial charge on any atom is 0.125 e. The fourth-order valence-electron chi connectivity index (χ4n) is 1.71. The van der Waals surface area contributed by atoms with Crippen molar-refractivity contribution in [2.75, 3.05) is 6.61 Å². The van der Waals surface area contributed by atoms with Crippen LogP contribution in [0.4, 0.5) is 0 Å². The van der Waals surface area contributed by atoms with Crippen LogP contribution < -0.4 is 0 Å². The molecular formula is C11H12N2O2. The smallest absolute Gasteiger partial charge is 0.125 e. The summed E-state index contributed by atoms with van der Waals surface area (Å²) < 4.78 is 1.69. The van der Waals surface area contributed by atoms with Gasteiger partial charge >= 0.3 is 0 Å². The van der Waals surface area contributed by atoms with Gasteiger partial charge in [0.05, 0.1) is 24.4 Å². The fourth-order valence-corrected chi connectivity index (χ4v) is 1.71. The lowest BCUT2D eigenvalue weighted by Gasteiger charge is -2.01. The third-order valence-electron chi connectivity index (χ3n) is 2.34. The van der Waals surface area contributed by atoms with Crippen LogP contribution in [-0.4, -0.2) is 27.8 Å². The molecule has 0 aliphatic heterocycles.